The van der Waals surface area contributed by atoms with Crippen molar-refractivity contribution < 1.29 is 9.18 Å². The molecule has 2 aromatic rings. The van der Waals surface area contributed by atoms with Crippen molar-refractivity contribution in [3.63, 3.8) is 0 Å². The summed E-state index contributed by atoms with van der Waals surface area (Å²) in [4.78, 5) is 15.8. The molecular formula is C18H15ClFN3O. The van der Waals surface area contributed by atoms with E-state index >= 15 is 0 Å². The second-order valence-corrected chi connectivity index (χ2v) is 6.08. The Hall–Kier alpha value is -2.58. The molecule has 1 fully saturated rings. The minimum atomic E-state index is -0.479. The van der Waals surface area contributed by atoms with E-state index in [1.54, 1.807) is 34.1 Å². The first-order valence-electron chi connectivity index (χ1n) is 7.53. The summed E-state index contributed by atoms with van der Waals surface area (Å²) < 4.78 is 14.1. The second-order valence-electron chi connectivity index (χ2n) is 5.64. The van der Waals surface area contributed by atoms with Gasteiger partial charge in [0.25, 0.3) is 0 Å². The summed E-state index contributed by atoms with van der Waals surface area (Å²) >= 11 is 5.86. The van der Waals surface area contributed by atoms with Crippen LogP contribution in [0.1, 0.15) is 11.1 Å². The van der Waals surface area contributed by atoms with Crippen LogP contribution >= 0.6 is 11.6 Å². The summed E-state index contributed by atoms with van der Waals surface area (Å²) in [6.45, 7) is 1.69. The predicted octanol–water partition coefficient (Wildman–Crippen LogP) is 3.20. The summed E-state index contributed by atoms with van der Waals surface area (Å²) in [5.74, 6) is -0.534. The van der Waals surface area contributed by atoms with Gasteiger partial charge < -0.3 is 9.80 Å². The fourth-order valence-electron chi connectivity index (χ4n) is 2.72. The van der Waals surface area contributed by atoms with Gasteiger partial charge in [-0.25, -0.2) is 4.39 Å². The summed E-state index contributed by atoms with van der Waals surface area (Å²) in [7, 11) is 0. The maximum absolute atomic E-state index is 14.1. The highest BCUT2D eigenvalue weighted by Gasteiger charge is 2.25. The fraction of sp³-hybridized carbons (Fsp3) is 0.222. The zero-order valence-corrected chi connectivity index (χ0v) is 13.6. The van der Waals surface area contributed by atoms with Crippen LogP contribution < -0.4 is 4.90 Å². The molecule has 122 valence electrons. The number of carbonyl (C=O) groups excluding carboxylic acids is 1. The Morgan fingerprint density at radius 1 is 1.17 bits per heavy atom. The number of rotatable bonds is 3. The molecule has 1 saturated heterocycles. The number of nitriles is 1. The van der Waals surface area contributed by atoms with Gasteiger partial charge in [-0.1, -0.05) is 23.7 Å². The van der Waals surface area contributed by atoms with E-state index < -0.39 is 5.82 Å². The van der Waals surface area contributed by atoms with Gasteiger partial charge in [-0.3, -0.25) is 4.79 Å². The van der Waals surface area contributed by atoms with E-state index in [2.05, 4.69) is 0 Å². The zero-order valence-electron chi connectivity index (χ0n) is 12.9. The van der Waals surface area contributed by atoms with E-state index in [-0.39, 0.29) is 18.0 Å². The van der Waals surface area contributed by atoms with Gasteiger partial charge in [-0.05, 0) is 35.9 Å². The van der Waals surface area contributed by atoms with E-state index in [0.717, 1.165) is 5.56 Å². The number of benzene rings is 2. The van der Waals surface area contributed by atoms with E-state index in [9.17, 15) is 9.18 Å². The van der Waals surface area contributed by atoms with Crippen molar-refractivity contribution in [2.75, 3.05) is 24.5 Å². The Balaban J connectivity index is 1.68. The van der Waals surface area contributed by atoms with Crippen LogP contribution in [0.5, 0.6) is 0 Å². The molecule has 0 saturated carbocycles. The molecule has 0 atom stereocenters. The number of piperazine rings is 1. The predicted molar refractivity (Wildman–Crippen MR) is 90.2 cm³/mol. The summed E-state index contributed by atoms with van der Waals surface area (Å²) in [5.41, 5.74) is 1.63. The van der Waals surface area contributed by atoms with E-state index in [1.807, 2.05) is 18.2 Å². The van der Waals surface area contributed by atoms with Crippen molar-refractivity contribution in [3.8, 4) is 6.07 Å². The summed E-state index contributed by atoms with van der Waals surface area (Å²) in [6, 6.07) is 13.6. The van der Waals surface area contributed by atoms with Gasteiger partial charge >= 0.3 is 0 Å². The maximum Gasteiger partial charge on any atom is 0.242 e. The van der Waals surface area contributed by atoms with Gasteiger partial charge in [0.15, 0.2) is 0 Å². The van der Waals surface area contributed by atoms with Crippen LogP contribution in [-0.4, -0.2) is 30.4 Å². The first kappa shape index (κ1) is 16.3. The maximum atomic E-state index is 14.1. The standard InChI is InChI=1S/C18H15ClFN3O/c19-15-4-1-13(2-5-15)11-23-8-7-22(12-18(23)24)17-6-3-14(10-21)9-16(17)20/h1-6,9H,7-8,11-12H2. The van der Waals surface area contributed by atoms with Gasteiger partial charge in [0.1, 0.15) is 5.82 Å². The van der Waals surface area contributed by atoms with Crippen LogP contribution in [0.15, 0.2) is 42.5 Å². The molecular weight excluding hydrogens is 329 g/mol. The molecule has 0 spiro atoms. The number of anilines is 1. The normalized spacial score (nSPS) is 14.6. The topological polar surface area (TPSA) is 47.3 Å². The molecule has 0 N–H and O–H groups in total. The van der Waals surface area contributed by atoms with Crippen LogP contribution in [0.3, 0.4) is 0 Å². The largest absolute Gasteiger partial charge is 0.358 e. The van der Waals surface area contributed by atoms with Gasteiger partial charge in [-0.15, -0.1) is 0 Å². The Kier molecular flexibility index (Phi) is 4.68. The van der Waals surface area contributed by atoms with Crippen molar-refractivity contribution in [1.29, 1.82) is 5.26 Å². The van der Waals surface area contributed by atoms with Crippen LogP contribution in [0.2, 0.25) is 5.02 Å². The molecule has 0 bridgehead atoms. The molecule has 0 unspecified atom stereocenters. The smallest absolute Gasteiger partial charge is 0.242 e. The van der Waals surface area contributed by atoms with Crippen molar-refractivity contribution in [2.24, 2.45) is 0 Å². The van der Waals surface area contributed by atoms with E-state index in [0.29, 0.717) is 30.3 Å². The van der Waals surface area contributed by atoms with Gasteiger partial charge in [0.05, 0.1) is 23.9 Å². The minimum absolute atomic E-state index is 0.0556. The number of hydrogen-bond donors (Lipinski definition) is 0. The minimum Gasteiger partial charge on any atom is -0.358 e. The van der Waals surface area contributed by atoms with Crippen molar-refractivity contribution in [1.82, 2.24) is 4.90 Å². The Morgan fingerprint density at radius 2 is 1.92 bits per heavy atom. The molecule has 6 heteroatoms. The molecule has 3 rings (SSSR count). The molecule has 0 aromatic heterocycles. The van der Waals surface area contributed by atoms with E-state index in [1.165, 1.54) is 6.07 Å². The van der Waals surface area contributed by atoms with Crippen LogP contribution in [-0.2, 0) is 11.3 Å². The highest BCUT2D eigenvalue weighted by molar-refractivity contribution is 6.30. The SMILES string of the molecule is N#Cc1ccc(N2CCN(Cc3ccc(Cl)cc3)C(=O)C2)c(F)c1. The fourth-order valence-corrected chi connectivity index (χ4v) is 2.85. The Bertz CT molecular complexity index is 801. The molecule has 24 heavy (non-hydrogen) atoms. The van der Waals surface area contributed by atoms with E-state index in [4.69, 9.17) is 16.9 Å². The third-order valence-corrected chi connectivity index (χ3v) is 4.27. The lowest BCUT2D eigenvalue weighted by Crippen LogP contribution is -2.50. The first-order valence-corrected chi connectivity index (χ1v) is 7.91. The average molecular weight is 344 g/mol. The lowest BCUT2D eigenvalue weighted by atomic mass is 10.1. The quantitative estimate of drug-likeness (QED) is 0.859. The third kappa shape index (κ3) is 3.50. The Labute approximate surface area is 144 Å². The molecule has 0 radical (unpaired) electrons. The van der Waals surface area contributed by atoms with Crippen molar-refractivity contribution >= 4 is 23.2 Å². The molecule has 1 aliphatic heterocycles. The van der Waals surface area contributed by atoms with Crippen molar-refractivity contribution in [3.05, 3.63) is 64.4 Å². The molecule has 1 heterocycles. The summed E-state index contributed by atoms with van der Waals surface area (Å²) in [6.07, 6.45) is 0. The van der Waals surface area contributed by atoms with Gasteiger partial charge in [0, 0.05) is 24.7 Å². The number of halogens is 2. The summed E-state index contributed by atoms with van der Waals surface area (Å²) in [5, 5.41) is 9.46. The zero-order chi connectivity index (χ0) is 17.1. The number of amides is 1. The molecule has 1 aliphatic rings. The third-order valence-electron chi connectivity index (χ3n) is 4.02. The molecule has 4 nitrogen and oxygen atoms in total. The highest BCUT2D eigenvalue weighted by atomic mass is 35.5. The molecule has 0 aliphatic carbocycles. The lowest BCUT2D eigenvalue weighted by molar-refractivity contribution is -0.131. The van der Waals surface area contributed by atoms with Crippen molar-refractivity contribution in [2.45, 2.75) is 6.54 Å². The average Bonchev–Trinajstić information content (AvgIpc) is 2.58. The van der Waals surface area contributed by atoms with Gasteiger partial charge in [-0.2, -0.15) is 5.26 Å². The number of hydrogen-bond acceptors (Lipinski definition) is 3. The highest BCUT2D eigenvalue weighted by Crippen LogP contribution is 2.23. The van der Waals surface area contributed by atoms with Crippen LogP contribution in [0.25, 0.3) is 0 Å². The number of carbonyl (C=O) groups is 1. The second kappa shape index (κ2) is 6.90. The van der Waals surface area contributed by atoms with Gasteiger partial charge in [0.2, 0.25) is 5.91 Å². The van der Waals surface area contributed by atoms with Crippen LogP contribution in [0.4, 0.5) is 10.1 Å². The molecule has 1 amide bonds. The first-order chi connectivity index (χ1) is 11.6. The molecule has 2 aromatic carbocycles. The lowest BCUT2D eigenvalue weighted by Gasteiger charge is -2.35. The Morgan fingerprint density at radius 3 is 2.54 bits per heavy atom. The number of nitrogens with zero attached hydrogens (tertiary/aromatic N) is 3. The monoisotopic (exact) mass is 343 g/mol. The van der Waals surface area contributed by atoms with Crippen LogP contribution in [0, 0.1) is 17.1 Å².